The summed E-state index contributed by atoms with van der Waals surface area (Å²) in [6, 6.07) is 7.42. The van der Waals surface area contributed by atoms with Gasteiger partial charge >= 0.3 is 6.61 Å². The van der Waals surface area contributed by atoms with Crippen molar-refractivity contribution in [1.82, 2.24) is 5.32 Å². The van der Waals surface area contributed by atoms with E-state index in [2.05, 4.69) is 23.9 Å². The predicted molar refractivity (Wildman–Crippen MR) is 78.2 cm³/mol. The Morgan fingerprint density at radius 2 is 1.95 bits per heavy atom. The second kappa shape index (κ2) is 8.90. The lowest BCUT2D eigenvalue weighted by molar-refractivity contribution is -0.0499. The highest BCUT2D eigenvalue weighted by Crippen LogP contribution is 2.21. The SMILES string of the molecule is CCCCCC(C)NC(C)c1cccc(OC(F)F)c1. The Morgan fingerprint density at radius 1 is 1.20 bits per heavy atom. The van der Waals surface area contributed by atoms with E-state index < -0.39 is 6.61 Å². The van der Waals surface area contributed by atoms with Gasteiger partial charge in [-0.2, -0.15) is 8.78 Å². The first-order valence-corrected chi connectivity index (χ1v) is 7.33. The summed E-state index contributed by atoms with van der Waals surface area (Å²) in [4.78, 5) is 0. The largest absolute Gasteiger partial charge is 0.435 e. The van der Waals surface area contributed by atoms with Crippen molar-refractivity contribution in [3.05, 3.63) is 29.8 Å². The second-order valence-electron chi connectivity index (χ2n) is 5.24. The molecule has 0 spiro atoms. The number of alkyl halides is 2. The minimum atomic E-state index is -2.78. The van der Waals surface area contributed by atoms with Gasteiger partial charge in [0.2, 0.25) is 0 Å². The molecule has 1 aromatic rings. The molecule has 0 aliphatic rings. The van der Waals surface area contributed by atoms with Gasteiger partial charge in [-0.05, 0) is 38.0 Å². The number of halogens is 2. The summed E-state index contributed by atoms with van der Waals surface area (Å²) in [5.41, 5.74) is 0.963. The molecule has 0 saturated heterocycles. The molecule has 0 fully saturated rings. The number of nitrogens with one attached hydrogen (secondary N) is 1. The molecule has 0 bridgehead atoms. The van der Waals surface area contributed by atoms with Crippen LogP contribution >= 0.6 is 0 Å². The summed E-state index contributed by atoms with van der Waals surface area (Å²) in [5, 5.41) is 3.49. The summed E-state index contributed by atoms with van der Waals surface area (Å²) >= 11 is 0. The van der Waals surface area contributed by atoms with Crippen LogP contribution in [-0.4, -0.2) is 12.7 Å². The van der Waals surface area contributed by atoms with E-state index >= 15 is 0 Å². The van der Waals surface area contributed by atoms with Gasteiger partial charge in [0, 0.05) is 12.1 Å². The number of unbranched alkanes of at least 4 members (excludes halogenated alkanes) is 2. The molecule has 2 unspecified atom stereocenters. The molecule has 0 aliphatic heterocycles. The first kappa shape index (κ1) is 16.9. The van der Waals surface area contributed by atoms with Crippen LogP contribution in [0, 0.1) is 0 Å². The minimum Gasteiger partial charge on any atom is -0.435 e. The van der Waals surface area contributed by atoms with Crippen LogP contribution in [0.15, 0.2) is 24.3 Å². The summed E-state index contributed by atoms with van der Waals surface area (Å²) in [6.45, 7) is 3.61. The van der Waals surface area contributed by atoms with Gasteiger partial charge in [0.15, 0.2) is 0 Å². The normalized spacial score (nSPS) is 14.3. The van der Waals surface area contributed by atoms with Crippen molar-refractivity contribution < 1.29 is 13.5 Å². The van der Waals surface area contributed by atoms with Crippen molar-refractivity contribution in [2.45, 2.75) is 65.1 Å². The van der Waals surface area contributed by atoms with Crippen LogP contribution in [0.2, 0.25) is 0 Å². The number of hydrogen-bond donors (Lipinski definition) is 1. The van der Waals surface area contributed by atoms with E-state index in [0.29, 0.717) is 6.04 Å². The molecule has 1 aromatic carbocycles. The van der Waals surface area contributed by atoms with Gasteiger partial charge < -0.3 is 10.1 Å². The molecule has 0 aliphatic carbocycles. The quantitative estimate of drug-likeness (QED) is 0.651. The fourth-order valence-corrected chi connectivity index (χ4v) is 2.27. The Balaban J connectivity index is 2.51. The molecule has 114 valence electrons. The van der Waals surface area contributed by atoms with Crippen LogP contribution in [0.1, 0.15) is 58.1 Å². The Bertz CT molecular complexity index is 384. The summed E-state index contributed by atoms with van der Waals surface area (Å²) in [6.07, 6.45) is 4.81. The molecule has 0 heterocycles. The van der Waals surface area contributed by atoms with Crippen LogP contribution in [0.3, 0.4) is 0 Å². The van der Waals surface area contributed by atoms with Crippen LogP contribution in [-0.2, 0) is 0 Å². The Kier molecular flexibility index (Phi) is 7.52. The third-order valence-electron chi connectivity index (χ3n) is 3.36. The average molecular weight is 285 g/mol. The van der Waals surface area contributed by atoms with Crippen molar-refractivity contribution in [2.24, 2.45) is 0 Å². The van der Waals surface area contributed by atoms with Gasteiger partial charge in [0.05, 0.1) is 0 Å². The Hall–Kier alpha value is -1.16. The second-order valence-corrected chi connectivity index (χ2v) is 5.24. The first-order valence-electron chi connectivity index (χ1n) is 7.33. The van der Waals surface area contributed by atoms with E-state index in [4.69, 9.17) is 0 Å². The molecule has 2 atom stereocenters. The molecule has 0 aromatic heterocycles. The highest BCUT2D eigenvalue weighted by molar-refractivity contribution is 5.30. The van der Waals surface area contributed by atoms with Gasteiger partial charge in [-0.15, -0.1) is 0 Å². The minimum absolute atomic E-state index is 0.118. The zero-order valence-electron chi connectivity index (χ0n) is 12.5. The van der Waals surface area contributed by atoms with E-state index in [9.17, 15) is 8.78 Å². The van der Waals surface area contributed by atoms with E-state index in [1.54, 1.807) is 18.2 Å². The molecule has 0 saturated carbocycles. The van der Waals surface area contributed by atoms with E-state index in [-0.39, 0.29) is 11.8 Å². The molecule has 0 radical (unpaired) electrons. The fraction of sp³-hybridized carbons (Fsp3) is 0.625. The molecule has 4 heteroatoms. The number of ether oxygens (including phenoxy) is 1. The van der Waals surface area contributed by atoms with Gasteiger partial charge in [-0.25, -0.2) is 0 Å². The number of rotatable bonds is 9. The smallest absolute Gasteiger partial charge is 0.387 e. The van der Waals surface area contributed by atoms with E-state index in [0.717, 1.165) is 12.0 Å². The van der Waals surface area contributed by atoms with Gasteiger partial charge in [0.25, 0.3) is 0 Å². The molecule has 1 N–H and O–H groups in total. The third kappa shape index (κ3) is 6.33. The van der Waals surface area contributed by atoms with Gasteiger partial charge in [-0.3, -0.25) is 0 Å². The van der Waals surface area contributed by atoms with Crippen LogP contribution in [0.25, 0.3) is 0 Å². The lowest BCUT2D eigenvalue weighted by Gasteiger charge is -2.21. The molecule has 1 rings (SSSR count). The number of benzene rings is 1. The molecular formula is C16H25F2NO. The van der Waals surface area contributed by atoms with E-state index in [1.807, 2.05) is 13.0 Å². The van der Waals surface area contributed by atoms with Crippen molar-refractivity contribution >= 4 is 0 Å². The Labute approximate surface area is 120 Å². The van der Waals surface area contributed by atoms with Crippen LogP contribution in [0.4, 0.5) is 8.78 Å². The highest BCUT2D eigenvalue weighted by atomic mass is 19.3. The van der Waals surface area contributed by atoms with Crippen molar-refractivity contribution in [3.8, 4) is 5.75 Å². The Morgan fingerprint density at radius 3 is 2.60 bits per heavy atom. The van der Waals surface area contributed by atoms with Crippen LogP contribution < -0.4 is 10.1 Å². The van der Waals surface area contributed by atoms with Gasteiger partial charge in [0.1, 0.15) is 5.75 Å². The lowest BCUT2D eigenvalue weighted by atomic mass is 10.0. The average Bonchev–Trinajstić information content (AvgIpc) is 2.38. The highest BCUT2D eigenvalue weighted by Gasteiger charge is 2.11. The summed E-state index contributed by atoms with van der Waals surface area (Å²) in [5.74, 6) is 0.213. The maximum absolute atomic E-state index is 12.2. The lowest BCUT2D eigenvalue weighted by Crippen LogP contribution is -2.28. The first-order chi connectivity index (χ1) is 9.52. The zero-order chi connectivity index (χ0) is 15.0. The van der Waals surface area contributed by atoms with Crippen molar-refractivity contribution in [3.63, 3.8) is 0 Å². The molecule has 2 nitrogen and oxygen atoms in total. The topological polar surface area (TPSA) is 21.3 Å². The van der Waals surface area contributed by atoms with Gasteiger partial charge in [-0.1, -0.05) is 38.3 Å². The fourth-order valence-electron chi connectivity index (χ4n) is 2.27. The summed E-state index contributed by atoms with van der Waals surface area (Å²) < 4.78 is 28.8. The van der Waals surface area contributed by atoms with Crippen LogP contribution in [0.5, 0.6) is 5.75 Å². The standard InChI is InChI=1S/C16H25F2NO/c1-4-5-6-8-12(2)19-13(3)14-9-7-10-15(11-14)20-16(17)18/h7,9-13,16,19H,4-6,8H2,1-3H3. The maximum atomic E-state index is 12.2. The monoisotopic (exact) mass is 285 g/mol. The van der Waals surface area contributed by atoms with Crippen molar-refractivity contribution in [1.29, 1.82) is 0 Å². The third-order valence-corrected chi connectivity index (χ3v) is 3.36. The maximum Gasteiger partial charge on any atom is 0.387 e. The predicted octanol–water partition coefficient (Wildman–Crippen LogP) is 4.91. The van der Waals surface area contributed by atoms with E-state index in [1.165, 1.54) is 19.3 Å². The van der Waals surface area contributed by atoms with Crippen molar-refractivity contribution in [2.75, 3.05) is 0 Å². The number of hydrogen-bond acceptors (Lipinski definition) is 2. The summed E-state index contributed by atoms with van der Waals surface area (Å²) in [7, 11) is 0. The molecular weight excluding hydrogens is 260 g/mol. The molecule has 20 heavy (non-hydrogen) atoms. The molecule has 0 amide bonds. The zero-order valence-corrected chi connectivity index (χ0v) is 12.5.